The van der Waals surface area contributed by atoms with Gasteiger partial charge in [-0.05, 0) is 125 Å². The van der Waals surface area contributed by atoms with Gasteiger partial charge < -0.3 is 13.7 Å². The van der Waals surface area contributed by atoms with Gasteiger partial charge in [-0.2, -0.15) is 9.97 Å². The summed E-state index contributed by atoms with van der Waals surface area (Å²) in [6.45, 7) is 8.30. The van der Waals surface area contributed by atoms with Crippen LogP contribution in [0.1, 0.15) is 27.7 Å². The Morgan fingerprint density at radius 1 is 0.474 bits per heavy atom. The first-order valence-corrected chi connectivity index (χ1v) is 19.5. The Kier molecular flexibility index (Phi) is 8.38. The van der Waals surface area contributed by atoms with Crippen molar-refractivity contribution in [3.8, 4) is 56.2 Å². The lowest BCUT2D eigenvalue weighted by atomic mass is 9.78. The second-order valence-electron chi connectivity index (χ2n) is 15.7. The number of fused-ring (bicyclic) bond motifs is 4. The Morgan fingerprint density at radius 3 is 1.74 bits per heavy atom. The van der Waals surface area contributed by atoms with Gasteiger partial charge in [-0.3, -0.25) is 0 Å². The van der Waals surface area contributed by atoms with Crippen molar-refractivity contribution in [3.05, 3.63) is 157 Å². The highest BCUT2D eigenvalue weighted by Gasteiger charge is 2.51. The van der Waals surface area contributed by atoms with E-state index in [2.05, 4.69) is 141 Å². The molecule has 9 aromatic rings. The third kappa shape index (κ3) is 6.38. The predicted octanol–water partition coefficient (Wildman–Crippen LogP) is 12.2. The smallest absolute Gasteiger partial charge is 0.456 e. The molecule has 6 nitrogen and oxygen atoms in total. The van der Waals surface area contributed by atoms with Crippen LogP contribution in [0.4, 0.5) is 0 Å². The summed E-state index contributed by atoms with van der Waals surface area (Å²) in [5.41, 5.74) is 10.1. The van der Waals surface area contributed by atoms with E-state index in [0.29, 0.717) is 11.6 Å². The summed E-state index contributed by atoms with van der Waals surface area (Å²) in [7, 11) is -0.405. The summed E-state index contributed by atoms with van der Waals surface area (Å²) in [6, 6.07) is 52.3. The van der Waals surface area contributed by atoms with Crippen molar-refractivity contribution >= 4 is 56.9 Å². The number of furan rings is 1. The van der Waals surface area contributed by atoms with Crippen LogP contribution in [0, 0.1) is 0 Å². The van der Waals surface area contributed by atoms with E-state index in [1.165, 1.54) is 0 Å². The highest BCUT2D eigenvalue weighted by atomic mass is 35.5. The maximum absolute atomic E-state index is 6.52. The van der Waals surface area contributed by atoms with Crippen molar-refractivity contribution in [1.82, 2.24) is 15.0 Å². The molecule has 1 aliphatic rings. The zero-order chi connectivity index (χ0) is 38.9. The Balaban J connectivity index is 0.967. The van der Waals surface area contributed by atoms with E-state index in [0.717, 1.165) is 82.7 Å². The Bertz CT molecular complexity index is 2980. The van der Waals surface area contributed by atoms with Crippen LogP contribution in [0.15, 0.2) is 156 Å². The van der Waals surface area contributed by atoms with Crippen LogP contribution in [0.2, 0.25) is 5.28 Å². The second-order valence-corrected chi connectivity index (χ2v) is 16.0. The molecule has 7 aromatic carbocycles. The number of halogens is 1. The topological polar surface area (TPSA) is 70.3 Å². The van der Waals surface area contributed by atoms with E-state index in [1.54, 1.807) is 0 Å². The van der Waals surface area contributed by atoms with Gasteiger partial charge in [0.2, 0.25) is 5.28 Å². The van der Waals surface area contributed by atoms with E-state index >= 15 is 0 Å². The molecule has 8 heteroatoms. The number of aromatic nitrogens is 3. The van der Waals surface area contributed by atoms with Crippen LogP contribution in [0.3, 0.4) is 0 Å². The van der Waals surface area contributed by atoms with Gasteiger partial charge >= 0.3 is 7.12 Å². The van der Waals surface area contributed by atoms with Gasteiger partial charge in [0.1, 0.15) is 11.2 Å². The highest BCUT2D eigenvalue weighted by molar-refractivity contribution is 6.62. The fourth-order valence-corrected chi connectivity index (χ4v) is 7.86. The van der Waals surface area contributed by atoms with Crippen LogP contribution in [-0.4, -0.2) is 33.3 Å². The highest BCUT2D eigenvalue weighted by Crippen LogP contribution is 2.40. The Labute approximate surface area is 336 Å². The molecule has 0 spiro atoms. The van der Waals surface area contributed by atoms with Gasteiger partial charge in [0.25, 0.3) is 0 Å². The molecule has 0 aliphatic carbocycles. The van der Waals surface area contributed by atoms with E-state index in [4.69, 9.17) is 30.3 Å². The van der Waals surface area contributed by atoms with E-state index in [-0.39, 0.29) is 5.28 Å². The summed E-state index contributed by atoms with van der Waals surface area (Å²) in [4.78, 5) is 13.9. The standard InChI is InChI=1S/C49H37BClN3O3/c1-48(2)49(3,4)57-50(56-48)39-23-21-31(22-24-39)40-17-10-18-42-44(40)41-28-35-20-19-34(27-38(35)29-43(41)55-42)33-14-9-16-37(26-33)46-52-45(53-47(51)54-46)36-15-8-13-32(25-36)30-11-6-5-7-12-30/h5-29H,1-4H3. The van der Waals surface area contributed by atoms with Crippen molar-refractivity contribution in [1.29, 1.82) is 0 Å². The molecule has 276 valence electrons. The van der Waals surface area contributed by atoms with Gasteiger partial charge in [0, 0.05) is 21.9 Å². The minimum Gasteiger partial charge on any atom is -0.456 e. The monoisotopic (exact) mass is 761 g/mol. The second kappa shape index (κ2) is 13.5. The molecule has 0 unspecified atom stereocenters. The largest absolute Gasteiger partial charge is 0.494 e. The zero-order valence-electron chi connectivity index (χ0n) is 32.0. The summed E-state index contributed by atoms with van der Waals surface area (Å²) < 4.78 is 19.1. The molecule has 57 heavy (non-hydrogen) atoms. The maximum atomic E-state index is 6.52. The number of benzene rings is 7. The van der Waals surface area contributed by atoms with Crippen molar-refractivity contribution in [3.63, 3.8) is 0 Å². The normalized spacial score (nSPS) is 14.9. The number of rotatable bonds is 6. The number of hydrogen-bond acceptors (Lipinski definition) is 6. The lowest BCUT2D eigenvalue weighted by molar-refractivity contribution is 0.00578. The van der Waals surface area contributed by atoms with E-state index < -0.39 is 18.3 Å². The minimum absolute atomic E-state index is 0.146. The molecule has 3 heterocycles. The molecular weight excluding hydrogens is 725 g/mol. The van der Waals surface area contributed by atoms with Gasteiger partial charge in [0.15, 0.2) is 11.6 Å². The predicted molar refractivity (Wildman–Crippen MR) is 233 cm³/mol. The Hall–Kier alpha value is -6.12. The molecule has 0 bridgehead atoms. The first-order valence-electron chi connectivity index (χ1n) is 19.1. The molecule has 1 aliphatic heterocycles. The van der Waals surface area contributed by atoms with Gasteiger partial charge in [-0.15, -0.1) is 0 Å². The van der Waals surface area contributed by atoms with Gasteiger partial charge in [0.05, 0.1) is 11.2 Å². The average Bonchev–Trinajstić information content (AvgIpc) is 3.70. The first-order chi connectivity index (χ1) is 27.6. The molecule has 0 atom stereocenters. The summed E-state index contributed by atoms with van der Waals surface area (Å²) >= 11 is 6.52. The summed E-state index contributed by atoms with van der Waals surface area (Å²) in [6.07, 6.45) is 0. The van der Waals surface area contributed by atoms with E-state index in [9.17, 15) is 0 Å². The molecule has 0 amide bonds. The number of hydrogen-bond donors (Lipinski definition) is 0. The van der Waals surface area contributed by atoms with Gasteiger partial charge in [-0.1, -0.05) is 115 Å². The Morgan fingerprint density at radius 2 is 1.05 bits per heavy atom. The fourth-order valence-electron chi connectivity index (χ4n) is 7.70. The van der Waals surface area contributed by atoms with Crippen LogP contribution >= 0.6 is 11.6 Å². The molecule has 1 fully saturated rings. The van der Waals surface area contributed by atoms with Crippen molar-refractivity contribution in [2.75, 3.05) is 0 Å². The zero-order valence-corrected chi connectivity index (χ0v) is 32.7. The SMILES string of the molecule is CC1(C)OB(c2ccc(-c3cccc4oc5cc6cc(-c7cccc(-c8nc(Cl)nc(-c9cccc(-c%10ccccc%10)c9)n8)c7)ccc6cc5c34)cc2)OC1(C)C. The molecule has 0 N–H and O–H groups in total. The molecule has 10 rings (SSSR count). The third-order valence-electron chi connectivity index (χ3n) is 11.5. The lowest BCUT2D eigenvalue weighted by Crippen LogP contribution is -2.41. The summed E-state index contributed by atoms with van der Waals surface area (Å²) in [5.74, 6) is 1.04. The molecule has 1 saturated heterocycles. The molecule has 0 radical (unpaired) electrons. The van der Waals surface area contributed by atoms with Crippen molar-refractivity contribution in [2.45, 2.75) is 38.9 Å². The van der Waals surface area contributed by atoms with Crippen molar-refractivity contribution in [2.24, 2.45) is 0 Å². The average molecular weight is 762 g/mol. The summed E-state index contributed by atoms with van der Waals surface area (Å²) in [5, 5.41) is 4.53. The third-order valence-corrected chi connectivity index (χ3v) is 11.7. The quantitative estimate of drug-likeness (QED) is 0.157. The van der Waals surface area contributed by atoms with E-state index in [1.807, 2.05) is 48.5 Å². The molecular formula is C49H37BClN3O3. The fraction of sp³-hybridized carbons (Fsp3) is 0.122. The lowest BCUT2D eigenvalue weighted by Gasteiger charge is -2.32. The number of nitrogens with zero attached hydrogens (tertiary/aromatic N) is 3. The van der Waals surface area contributed by atoms with Crippen LogP contribution in [0.25, 0.3) is 88.9 Å². The van der Waals surface area contributed by atoms with Crippen LogP contribution in [-0.2, 0) is 9.31 Å². The maximum Gasteiger partial charge on any atom is 0.494 e. The van der Waals surface area contributed by atoms with Crippen LogP contribution in [0.5, 0.6) is 0 Å². The molecule has 0 saturated carbocycles. The minimum atomic E-state index is -0.405. The van der Waals surface area contributed by atoms with Crippen LogP contribution < -0.4 is 5.46 Å². The molecule has 2 aromatic heterocycles. The van der Waals surface area contributed by atoms with Gasteiger partial charge in [-0.25, -0.2) is 4.98 Å². The first kappa shape index (κ1) is 35.3. The van der Waals surface area contributed by atoms with Crippen molar-refractivity contribution < 1.29 is 13.7 Å².